The van der Waals surface area contributed by atoms with Gasteiger partial charge in [0, 0.05) is 22.4 Å². The molecule has 1 amide bonds. The van der Waals surface area contributed by atoms with E-state index >= 15 is 0 Å². The highest BCUT2D eigenvalue weighted by Crippen LogP contribution is 2.41. The number of aliphatic hydroxyl groups is 1. The first-order chi connectivity index (χ1) is 13.6. The molecule has 1 N–H and O–H groups in total. The Morgan fingerprint density at radius 2 is 1.93 bits per heavy atom. The van der Waals surface area contributed by atoms with E-state index in [0.29, 0.717) is 16.6 Å². The summed E-state index contributed by atoms with van der Waals surface area (Å²) < 4.78 is 40.7. The number of amides is 1. The Hall–Kier alpha value is -2.78. The summed E-state index contributed by atoms with van der Waals surface area (Å²) in [5.74, 6) is -1.03. The van der Waals surface area contributed by atoms with Crippen molar-refractivity contribution >= 4 is 33.9 Å². The van der Waals surface area contributed by atoms with E-state index in [-0.39, 0.29) is 16.3 Å². The van der Waals surface area contributed by atoms with Crippen molar-refractivity contribution in [3.05, 3.63) is 52.9 Å². The fourth-order valence-electron chi connectivity index (χ4n) is 3.32. The van der Waals surface area contributed by atoms with Crippen LogP contribution in [0.1, 0.15) is 28.6 Å². The van der Waals surface area contributed by atoms with Crippen molar-refractivity contribution in [2.45, 2.75) is 32.2 Å². The van der Waals surface area contributed by atoms with E-state index in [1.165, 1.54) is 24.3 Å². The van der Waals surface area contributed by atoms with Crippen molar-refractivity contribution in [1.82, 2.24) is 9.99 Å². The zero-order valence-electron chi connectivity index (χ0n) is 15.5. The molecule has 0 spiro atoms. The summed E-state index contributed by atoms with van der Waals surface area (Å²) in [4.78, 5) is 19.6. The Morgan fingerprint density at radius 1 is 1.21 bits per heavy atom. The van der Waals surface area contributed by atoms with Gasteiger partial charge in [0.15, 0.2) is 0 Å². The minimum absolute atomic E-state index is 0.00206. The van der Waals surface area contributed by atoms with E-state index in [1.54, 1.807) is 24.3 Å². The number of carbonyl (C=O) groups excluding carboxylic acids is 1. The molecule has 0 unspecified atom stereocenters. The standard InChI is InChI=1S/C20H16F3N3O2S/c1-11-10-19(28,20(21,22)23)26(25-11)18(27)14-9-16(17-8-7-12(2)29-17)24-15-6-4-3-5-13(14)15/h3-9,28H,10H2,1-2H3/t19-/m1/s1. The summed E-state index contributed by atoms with van der Waals surface area (Å²) in [6.07, 6.45) is -5.84. The lowest BCUT2D eigenvalue weighted by Gasteiger charge is -2.32. The van der Waals surface area contributed by atoms with E-state index in [4.69, 9.17) is 0 Å². The number of nitrogens with zero attached hydrogens (tertiary/aromatic N) is 3. The number of aryl methyl sites for hydroxylation is 1. The molecular formula is C20H16F3N3O2S. The molecule has 29 heavy (non-hydrogen) atoms. The summed E-state index contributed by atoms with van der Waals surface area (Å²) in [6, 6.07) is 11.9. The molecule has 0 aliphatic carbocycles. The van der Waals surface area contributed by atoms with Crippen LogP contribution in [0.5, 0.6) is 0 Å². The van der Waals surface area contributed by atoms with E-state index in [1.807, 2.05) is 19.1 Å². The molecule has 0 fully saturated rings. The normalized spacial score (nSPS) is 19.7. The predicted octanol–water partition coefficient (Wildman–Crippen LogP) is 4.74. The van der Waals surface area contributed by atoms with Crippen molar-refractivity contribution in [3.63, 3.8) is 0 Å². The second-order valence-electron chi connectivity index (χ2n) is 6.93. The minimum Gasteiger partial charge on any atom is -0.362 e. The highest BCUT2D eigenvalue weighted by atomic mass is 32.1. The Labute approximate surface area is 168 Å². The number of halogens is 3. The molecular weight excluding hydrogens is 403 g/mol. The van der Waals surface area contributed by atoms with Crippen LogP contribution in [0.3, 0.4) is 0 Å². The topological polar surface area (TPSA) is 65.8 Å². The third-order valence-corrected chi connectivity index (χ3v) is 5.73. The average molecular weight is 419 g/mol. The van der Waals surface area contributed by atoms with Gasteiger partial charge in [-0.1, -0.05) is 18.2 Å². The van der Waals surface area contributed by atoms with E-state index < -0.39 is 24.2 Å². The number of rotatable bonds is 2. The monoisotopic (exact) mass is 419 g/mol. The molecule has 2 aromatic heterocycles. The third-order valence-electron chi connectivity index (χ3n) is 4.71. The lowest BCUT2D eigenvalue weighted by Crippen LogP contribution is -2.56. The van der Waals surface area contributed by atoms with Crippen LogP contribution in [0.4, 0.5) is 13.2 Å². The van der Waals surface area contributed by atoms with Crippen LogP contribution >= 0.6 is 11.3 Å². The maximum Gasteiger partial charge on any atom is 0.438 e. The van der Waals surface area contributed by atoms with Crippen molar-refractivity contribution in [3.8, 4) is 10.6 Å². The Morgan fingerprint density at radius 3 is 2.59 bits per heavy atom. The lowest BCUT2D eigenvalue weighted by molar-refractivity contribution is -0.297. The molecule has 5 nitrogen and oxygen atoms in total. The maximum atomic E-state index is 13.6. The highest BCUT2D eigenvalue weighted by Gasteiger charge is 2.62. The number of thiophene rings is 1. The molecule has 0 saturated carbocycles. The Kier molecular flexibility index (Phi) is 4.47. The first-order valence-corrected chi connectivity index (χ1v) is 9.56. The van der Waals surface area contributed by atoms with Crippen LogP contribution in [0.2, 0.25) is 0 Å². The molecule has 1 aromatic carbocycles. The van der Waals surface area contributed by atoms with Crippen LogP contribution in [0.15, 0.2) is 47.6 Å². The summed E-state index contributed by atoms with van der Waals surface area (Å²) in [6.45, 7) is 3.26. The largest absolute Gasteiger partial charge is 0.438 e. The number of hydrogen-bond acceptors (Lipinski definition) is 5. The molecule has 150 valence electrons. The van der Waals surface area contributed by atoms with Crippen LogP contribution < -0.4 is 0 Å². The van der Waals surface area contributed by atoms with E-state index in [0.717, 1.165) is 9.75 Å². The fourth-order valence-corrected chi connectivity index (χ4v) is 4.15. The summed E-state index contributed by atoms with van der Waals surface area (Å²) in [7, 11) is 0. The second-order valence-corrected chi connectivity index (χ2v) is 8.21. The summed E-state index contributed by atoms with van der Waals surface area (Å²) in [5, 5.41) is 14.5. The summed E-state index contributed by atoms with van der Waals surface area (Å²) >= 11 is 1.46. The lowest BCUT2D eigenvalue weighted by atomic mass is 10.0. The zero-order valence-corrected chi connectivity index (χ0v) is 16.3. The molecule has 1 aliphatic rings. The number of carbonyl (C=O) groups is 1. The van der Waals surface area contributed by atoms with E-state index in [9.17, 15) is 23.1 Å². The quantitative estimate of drug-likeness (QED) is 0.652. The van der Waals surface area contributed by atoms with Gasteiger partial charge in [0.2, 0.25) is 0 Å². The Balaban J connectivity index is 1.89. The van der Waals surface area contributed by atoms with Crippen molar-refractivity contribution < 1.29 is 23.1 Å². The van der Waals surface area contributed by atoms with Gasteiger partial charge in [0.05, 0.1) is 21.7 Å². The van der Waals surface area contributed by atoms with Crippen molar-refractivity contribution in [1.29, 1.82) is 0 Å². The van der Waals surface area contributed by atoms with E-state index in [2.05, 4.69) is 10.1 Å². The number of para-hydroxylation sites is 1. The van der Waals surface area contributed by atoms with Gasteiger partial charge in [-0.05, 0) is 38.1 Å². The zero-order chi connectivity index (χ0) is 21.0. The average Bonchev–Trinajstić information content (AvgIpc) is 3.23. The van der Waals surface area contributed by atoms with Crippen LogP contribution in [-0.4, -0.2) is 38.6 Å². The fraction of sp³-hybridized carbons (Fsp3) is 0.250. The van der Waals surface area contributed by atoms with Crippen molar-refractivity contribution in [2.24, 2.45) is 5.10 Å². The van der Waals surface area contributed by atoms with Gasteiger partial charge in [0.1, 0.15) is 0 Å². The molecule has 0 saturated heterocycles. The first kappa shape index (κ1) is 19.5. The van der Waals surface area contributed by atoms with Gasteiger partial charge in [-0.15, -0.1) is 11.3 Å². The minimum atomic E-state index is -5.06. The number of hydrogen-bond donors (Lipinski definition) is 1. The third kappa shape index (κ3) is 3.20. The SMILES string of the molecule is CC1=NN(C(=O)c2cc(-c3ccc(C)s3)nc3ccccc23)[C@](O)(C(F)(F)F)C1. The molecule has 0 bridgehead atoms. The van der Waals surface area contributed by atoms with Gasteiger partial charge in [-0.25, -0.2) is 4.98 Å². The van der Waals surface area contributed by atoms with Gasteiger partial charge in [-0.2, -0.15) is 23.3 Å². The van der Waals surface area contributed by atoms with Gasteiger partial charge in [0.25, 0.3) is 11.6 Å². The van der Waals surface area contributed by atoms with Crippen molar-refractivity contribution in [2.75, 3.05) is 0 Å². The molecule has 3 heterocycles. The van der Waals surface area contributed by atoms with Gasteiger partial charge in [-0.3, -0.25) is 4.79 Å². The molecule has 3 aromatic rings. The smallest absolute Gasteiger partial charge is 0.362 e. The number of aromatic nitrogens is 1. The Bertz CT molecular complexity index is 1160. The highest BCUT2D eigenvalue weighted by molar-refractivity contribution is 7.15. The van der Waals surface area contributed by atoms with Crippen LogP contribution in [0.25, 0.3) is 21.5 Å². The number of alkyl halides is 3. The van der Waals surface area contributed by atoms with Crippen LogP contribution in [-0.2, 0) is 0 Å². The molecule has 4 rings (SSSR count). The number of pyridine rings is 1. The molecule has 0 radical (unpaired) electrons. The predicted molar refractivity (Wildman–Crippen MR) is 105 cm³/mol. The second kappa shape index (κ2) is 6.64. The molecule has 1 atom stereocenters. The number of hydrazone groups is 1. The number of benzene rings is 1. The number of fused-ring (bicyclic) bond motifs is 1. The van der Waals surface area contributed by atoms with Gasteiger partial charge >= 0.3 is 6.18 Å². The maximum absolute atomic E-state index is 13.6. The first-order valence-electron chi connectivity index (χ1n) is 8.74. The van der Waals surface area contributed by atoms with Crippen LogP contribution in [0, 0.1) is 6.92 Å². The van der Waals surface area contributed by atoms with Gasteiger partial charge < -0.3 is 5.11 Å². The molecule has 9 heteroatoms. The molecule has 1 aliphatic heterocycles. The summed E-state index contributed by atoms with van der Waals surface area (Å²) in [5.41, 5.74) is -2.42.